The molecule has 0 amide bonds. The lowest BCUT2D eigenvalue weighted by atomic mass is 10.1. The molecule has 1 aromatic carbocycles. The van der Waals surface area contributed by atoms with Crippen LogP contribution >= 0.6 is 34.8 Å². The monoisotopic (exact) mass is 344 g/mol. The minimum atomic E-state index is -0.652. The summed E-state index contributed by atoms with van der Waals surface area (Å²) in [5.74, 6) is 0.456. The first-order chi connectivity index (χ1) is 9.85. The molecule has 0 aliphatic heterocycles. The Kier molecular flexibility index (Phi) is 5.10. The predicted molar refractivity (Wildman–Crippen MR) is 87.2 cm³/mol. The van der Waals surface area contributed by atoms with E-state index < -0.39 is 5.60 Å². The van der Waals surface area contributed by atoms with E-state index >= 15 is 0 Å². The standard InChI is InChI=1S/C15H15Cl3N2O/c1-4-21-15(2,3)14-19-12(17)11(13(18)20-14)9-5-7-10(16)8-6-9/h5-8H,4H2,1-3H3. The van der Waals surface area contributed by atoms with Gasteiger partial charge >= 0.3 is 0 Å². The van der Waals surface area contributed by atoms with E-state index in [0.717, 1.165) is 5.56 Å². The summed E-state index contributed by atoms with van der Waals surface area (Å²) in [6, 6.07) is 7.18. The van der Waals surface area contributed by atoms with Gasteiger partial charge in [-0.1, -0.05) is 46.9 Å². The minimum absolute atomic E-state index is 0.292. The zero-order valence-corrected chi connectivity index (χ0v) is 14.2. The van der Waals surface area contributed by atoms with Crippen LogP contribution in [0.1, 0.15) is 26.6 Å². The number of hydrogen-bond donors (Lipinski definition) is 0. The van der Waals surface area contributed by atoms with Gasteiger partial charge in [0.25, 0.3) is 0 Å². The van der Waals surface area contributed by atoms with Crippen molar-refractivity contribution in [3.8, 4) is 11.1 Å². The summed E-state index contributed by atoms with van der Waals surface area (Å²) >= 11 is 18.5. The highest BCUT2D eigenvalue weighted by Gasteiger charge is 2.27. The van der Waals surface area contributed by atoms with Crippen LogP contribution in [0, 0.1) is 0 Å². The van der Waals surface area contributed by atoms with Gasteiger partial charge in [-0.15, -0.1) is 0 Å². The predicted octanol–water partition coefficient (Wildman–Crippen LogP) is 5.38. The van der Waals surface area contributed by atoms with Crippen molar-refractivity contribution in [1.82, 2.24) is 9.97 Å². The molecule has 0 N–H and O–H groups in total. The fraction of sp³-hybridized carbons (Fsp3) is 0.333. The molecule has 2 aromatic rings. The Morgan fingerprint density at radius 3 is 2.00 bits per heavy atom. The molecule has 112 valence electrons. The molecular weight excluding hydrogens is 331 g/mol. The van der Waals surface area contributed by atoms with Gasteiger partial charge in [0, 0.05) is 11.6 Å². The first-order valence-electron chi connectivity index (χ1n) is 6.48. The summed E-state index contributed by atoms with van der Waals surface area (Å²) in [4.78, 5) is 8.67. The zero-order chi connectivity index (χ0) is 15.6. The molecular formula is C15H15Cl3N2O. The Hall–Kier alpha value is -0.870. The summed E-state index contributed by atoms with van der Waals surface area (Å²) in [5, 5.41) is 1.22. The third kappa shape index (κ3) is 3.67. The number of ether oxygens (including phenoxy) is 1. The molecule has 3 nitrogen and oxygen atoms in total. The van der Waals surface area contributed by atoms with E-state index in [4.69, 9.17) is 39.5 Å². The van der Waals surface area contributed by atoms with Gasteiger partial charge in [-0.2, -0.15) is 0 Å². The quantitative estimate of drug-likeness (QED) is 0.698. The summed E-state index contributed by atoms with van der Waals surface area (Å²) < 4.78 is 5.63. The van der Waals surface area contributed by atoms with Crippen LogP contribution in [0.5, 0.6) is 0 Å². The van der Waals surface area contributed by atoms with Gasteiger partial charge in [-0.05, 0) is 38.5 Å². The highest BCUT2D eigenvalue weighted by molar-refractivity contribution is 6.37. The highest BCUT2D eigenvalue weighted by atomic mass is 35.5. The maximum atomic E-state index is 6.29. The number of hydrogen-bond acceptors (Lipinski definition) is 3. The van der Waals surface area contributed by atoms with Crippen LogP contribution in [0.4, 0.5) is 0 Å². The van der Waals surface area contributed by atoms with E-state index in [1.807, 2.05) is 32.9 Å². The maximum Gasteiger partial charge on any atom is 0.163 e. The van der Waals surface area contributed by atoms with Crippen molar-refractivity contribution in [2.24, 2.45) is 0 Å². The number of nitrogens with zero attached hydrogens (tertiary/aromatic N) is 2. The molecule has 0 atom stereocenters. The molecule has 21 heavy (non-hydrogen) atoms. The SMILES string of the molecule is CCOC(C)(C)c1nc(Cl)c(-c2ccc(Cl)cc2)c(Cl)n1. The van der Waals surface area contributed by atoms with Crippen LogP contribution in [-0.2, 0) is 10.3 Å². The molecule has 0 fully saturated rings. The second-order valence-corrected chi connectivity index (χ2v) is 6.11. The van der Waals surface area contributed by atoms with Gasteiger partial charge in [-0.25, -0.2) is 9.97 Å². The number of halogens is 3. The molecule has 0 saturated carbocycles. The van der Waals surface area contributed by atoms with Crippen LogP contribution in [0.2, 0.25) is 15.3 Å². The number of benzene rings is 1. The lowest BCUT2D eigenvalue weighted by Crippen LogP contribution is -2.25. The molecule has 2 rings (SSSR count). The van der Waals surface area contributed by atoms with Crippen molar-refractivity contribution in [3.05, 3.63) is 45.4 Å². The largest absolute Gasteiger partial charge is 0.368 e. The van der Waals surface area contributed by atoms with Crippen LogP contribution in [0.25, 0.3) is 11.1 Å². The van der Waals surface area contributed by atoms with E-state index in [9.17, 15) is 0 Å². The van der Waals surface area contributed by atoms with Gasteiger partial charge in [0.05, 0.1) is 5.56 Å². The van der Waals surface area contributed by atoms with Crippen molar-refractivity contribution in [2.75, 3.05) is 6.61 Å². The molecule has 0 saturated heterocycles. The topological polar surface area (TPSA) is 35.0 Å². The van der Waals surface area contributed by atoms with E-state index in [0.29, 0.717) is 33.3 Å². The normalized spacial score (nSPS) is 11.7. The zero-order valence-electron chi connectivity index (χ0n) is 12.0. The highest BCUT2D eigenvalue weighted by Crippen LogP contribution is 2.35. The molecule has 0 unspecified atom stereocenters. The Labute approximate surface area is 139 Å². The Morgan fingerprint density at radius 1 is 1.00 bits per heavy atom. The average Bonchev–Trinajstić information content (AvgIpc) is 2.40. The Bertz CT molecular complexity index is 619. The van der Waals surface area contributed by atoms with E-state index in [-0.39, 0.29) is 0 Å². The van der Waals surface area contributed by atoms with E-state index in [1.165, 1.54) is 0 Å². The smallest absolute Gasteiger partial charge is 0.163 e. The Morgan fingerprint density at radius 2 is 1.52 bits per heavy atom. The van der Waals surface area contributed by atoms with Gasteiger partial charge in [0.15, 0.2) is 5.82 Å². The van der Waals surface area contributed by atoms with Crippen molar-refractivity contribution in [3.63, 3.8) is 0 Å². The van der Waals surface area contributed by atoms with Crippen molar-refractivity contribution in [2.45, 2.75) is 26.4 Å². The number of aromatic nitrogens is 2. The lowest BCUT2D eigenvalue weighted by molar-refractivity contribution is -0.0207. The molecule has 0 aliphatic rings. The lowest BCUT2D eigenvalue weighted by Gasteiger charge is -2.23. The summed E-state index contributed by atoms with van der Waals surface area (Å²) in [7, 11) is 0. The fourth-order valence-corrected chi connectivity index (χ4v) is 2.69. The third-order valence-corrected chi connectivity index (χ3v) is 3.80. The van der Waals surface area contributed by atoms with Crippen LogP contribution in [0.15, 0.2) is 24.3 Å². The van der Waals surface area contributed by atoms with Gasteiger partial charge in [-0.3, -0.25) is 0 Å². The van der Waals surface area contributed by atoms with Crippen molar-refractivity contribution < 1.29 is 4.74 Å². The molecule has 6 heteroatoms. The second kappa shape index (κ2) is 6.49. The Balaban J connectivity index is 2.49. The molecule has 0 bridgehead atoms. The van der Waals surface area contributed by atoms with Crippen LogP contribution < -0.4 is 0 Å². The summed E-state index contributed by atoms with van der Waals surface area (Å²) in [6.07, 6.45) is 0. The van der Waals surface area contributed by atoms with E-state index in [2.05, 4.69) is 9.97 Å². The minimum Gasteiger partial charge on any atom is -0.368 e. The first kappa shape index (κ1) is 16.5. The molecule has 0 spiro atoms. The summed E-state index contributed by atoms with van der Waals surface area (Å²) in [5.41, 5.74) is 0.752. The third-order valence-electron chi connectivity index (χ3n) is 3.00. The second-order valence-electron chi connectivity index (χ2n) is 4.95. The fourth-order valence-electron chi connectivity index (χ4n) is 1.96. The van der Waals surface area contributed by atoms with Gasteiger partial charge in [0.2, 0.25) is 0 Å². The van der Waals surface area contributed by atoms with Crippen LogP contribution in [0.3, 0.4) is 0 Å². The van der Waals surface area contributed by atoms with Crippen molar-refractivity contribution >= 4 is 34.8 Å². The van der Waals surface area contributed by atoms with Gasteiger partial charge in [0.1, 0.15) is 15.9 Å². The molecule has 0 aliphatic carbocycles. The maximum absolute atomic E-state index is 6.29. The first-order valence-corrected chi connectivity index (χ1v) is 7.62. The molecule has 1 heterocycles. The van der Waals surface area contributed by atoms with E-state index in [1.54, 1.807) is 12.1 Å². The van der Waals surface area contributed by atoms with Crippen molar-refractivity contribution in [1.29, 1.82) is 0 Å². The molecule has 1 aromatic heterocycles. The van der Waals surface area contributed by atoms with Crippen LogP contribution in [-0.4, -0.2) is 16.6 Å². The van der Waals surface area contributed by atoms with Gasteiger partial charge < -0.3 is 4.74 Å². The average molecular weight is 346 g/mol. The number of rotatable bonds is 4. The summed E-state index contributed by atoms with van der Waals surface area (Å²) in [6.45, 7) is 6.21. The molecule has 0 radical (unpaired) electrons.